The van der Waals surface area contributed by atoms with E-state index in [1.165, 1.54) is 11.8 Å². The number of anilines is 1. The van der Waals surface area contributed by atoms with Gasteiger partial charge in [-0.3, -0.25) is 4.79 Å². The number of aliphatic imine (C=N–C) groups is 1. The number of fused-ring (bicyclic) bond motifs is 1. The third-order valence-electron chi connectivity index (χ3n) is 5.25. The van der Waals surface area contributed by atoms with E-state index in [1.807, 2.05) is 47.4 Å². The van der Waals surface area contributed by atoms with Gasteiger partial charge in [0.15, 0.2) is 21.6 Å². The fourth-order valence-corrected chi connectivity index (χ4v) is 7.66. The average Bonchev–Trinajstić information content (AvgIpc) is 3.24. The minimum Gasteiger partial charge on any atom is -0.494 e. The maximum absolute atomic E-state index is 12.5. The molecule has 2 aliphatic heterocycles. The van der Waals surface area contributed by atoms with Crippen molar-refractivity contribution in [3.8, 4) is 11.5 Å². The van der Waals surface area contributed by atoms with Gasteiger partial charge in [0.1, 0.15) is 11.5 Å². The minimum absolute atomic E-state index is 0.0410. The molecule has 2 aromatic rings. The van der Waals surface area contributed by atoms with Crippen molar-refractivity contribution in [2.45, 2.75) is 31.1 Å². The van der Waals surface area contributed by atoms with Gasteiger partial charge in [0.05, 0.1) is 24.2 Å². The van der Waals surface area contributed by atoms with Crippen LogP contribution in [0.1, 0.15) is 19.8 Å². The molecule has 170 valence electrons. The van der Waals surface area contributed by atoms with Gasteiger partial charge in [0.25, 0.3) is 5.91 Å². The molecular weight excluding hydrogens is 448 g/mol. The SMILES string of the molecule is CCCCOc1cccc(N2C(=NC(=O)COc3ccccc3)S[C@H]3CS(=O)(=O)C[C@@H]32)c1. The summed E-state index contributed by atoms with van der Waals surface area (Å²) in [6.07, 6.45) is 1.99. The van der Waals surface area contributed by atoms with Gasteiger partial charge in [-0.15, -0.1) is 0 Å². The van der Waals surface area contributed by atoms with E-state index in [0.29, 0.717) is 23.3 Å². The number of amides is 1. The highest BCUT2D eigenvalue weighted by molar-refractivity contribution is 8.16. The van der Waals surface area contributed by atoms with Crippen molar-refractivity contribution in [2.24, 2.45) is 4.99 Å². The van der Waals surface area contributed by atoms with Crippen LogP contribution in [-0.2, 0) is 14.6 Å². The molecule has 2 saturated heterocycles. The summed E-state index contributed by atoms with van der Waals surface area (Å²) in [5.41, 5.74) is 0.770. The van der Waals surface area contributed by atoms with Gasteiger partial charge in [-0.1, -0.05) is 49.4 Å². The quantitative estimate of drug-likeness (QED) is 0.541. The number of ether oxygens (including phenoxy) is 2. The molecule has 0 aromatic heterocycles. The molecule has 4 rings (SSSR count). The van der Waals surface area contributed by atoms with Crippen molar-refractivity contribution in [3.05, 3.63) is 54.6 Å². The van der Waals surface area contributed by atoms with E-state index >= 15 is 0 Å². The number of carbonyl (C=O) groups is 1. The van der Waals surface area contributed by atoms with Gasteiger partial charge in [-0.05, 0) is 30.7 Å². The summed E-state index contributed by atoms with van der Waals surface area (Å²) in [5.74, 6) is 1.01. The van der Waals surface area contributed by atoms with Crippen molar-refractivity contribution >= 4 is 38.4 Å². The number of benzene rings is 2. The van der Waals surface area contributed by atoms with E-state index in [1.54, 1.807) is 12.1 Å². The third-order valence-corrected chi connectivity index (χ3v) is 8.46. The number of carbonyl (C=O) groups excluding carboxylic acids is 1. The molecule has 0 N–H and O–H groups in total. The number of amidine groups is 1. The second-order valence-corrected chi connectivity index (χ2v) is 11.1. The first-order valence-electron chi connectivity index (χ1n) is 10.6. The number of rotatable bonds is 8. The van der Waals surface area contributed by atoms with Gasteiger partial charge in [-0.25, -0.2) is 8.42 Å². The predicted octanol–water partition coefficient (Wildman–Crippen LogP) is 3.55. The zero-order valence-electron chi connectivity index (χ0n) is 17.8. The molecule has 1 amide bonds. The van der Waals surface area contributed by atoms with Crippen LogP contribution in [0.15, 0.2) is 59.6 Å². The lowest BCUT2D eigenvalue weighted by Gasteiger charge is -2.25. The molecule has 0 bridgehead atoms. The highest BCUT2D eigenvalue weighted by Gasteiger charge is 2.49. The van der Waals surface area contributed by atoms with E-state index in [-0.39, 0.29) is 29.4 Å². The number of hydrogen-bond donors (Lipinski definition) is 0. The van der Waals surface area contributed by atoms with Gasteiger partial charge in [0, 0.05) is 17.0 Å². The maximum Gasteiger partial charge on any atom is 0.285 e. The van der Waals surface area contributed by atoms with Crippen LogP contribution in [0.3, 0.4) is 0 Å². The van der Waals surface area contributed by atoms with Gasteiger partial charge < -0.3 is 14.4 Å². The smallest absolute Gasteiger partial charge is 0.285 e. The summed E-state index contributed by atoms with van der Waals surface area (Å²) in [6.45, 7) is 2.53. The van der Waals surface area contributed by atoms with Crippen molar-refractivity contribution in [1.82, 2.24) is 0 Å². The zero-order valence-corrected chi connectivity index (χ0v) is 19.5. The number of sulfone groups is 1. The van der Waals surface area contributed by atoms with E-state index < -0.39 is 15.7 Å². The second kappa shape index (κ2) is 9.95. The summed E-state index contributed by atoms with van der Waals surface area (Å²) in [5, 5.41) is 0.341. The van der Waals surface area contributed by atoms with Crippen LogP contribution in [0, 0.1) is 0 Å². The van der Waals surface area contributed by atoms with Crippen molar-refractivity contribution in [2.75, 3.05) is 29.6 Å². The molecule has 0 aliphatic carbocycles. The van der Waals surface area contributed by atoms with Crippen LogP contribution in [0.2, 0.25) is 0 Å². The largest absolute Gasteiger partial charge is 0.494 e. The number of nitrogens with zero attached hydrogens (tertiary/aromatic N) is 2. The van der Waals surface area contributed by atoms with Crippen LogP contribution in [0.5, 0.6) is 11.5 Å². The zero-order chi connectivity index (χ0) is 22.6. The topological polar surface area (TPSA) is 85.3 Å². The fourth-order valence-electron chi connectivity index (χ4n) is 3.72. The van der Waals surface area contributed by atoms with Crippen LogP contribution in [-0.4, -0.2) is 55.5 Å². The molecule has 32 heavy (non-hydrogen) atoms. The maximum atomic E-state index is 12.5. The molecule has 2 fully saturated rings. The van der Waals surface area contributed by atoms with E-state index in [9.17, 15) is 13.2 Å². The standard InChI is InChI=1S/C23H26N2O5S2/c1-2-3-12-29-19-11-7-8-17(13-19)25-20-15-32(27,28)16-21(20)31-23(25)24-22(26)14-30-18-9-5-4-6-10-18/h4-11,13,20-21H,2-3,12,14-16H2,1H3/t20-,21-/m0/s1. The number of hydrogen-bond acceptors (Lipinski definition) is 6. The average molecular weight is 475 g/mol. The van der Waals surface area contributed by atoms with Gasteiger partial charge >= 0.3 is 0 Å². The Morgan fingerprint density at radius 3 is 2.66 bits per heavy atom. The molecule has 2 aromatic carbocycles. The molecule has 9 heteroatoms. The second-order valence-electron chi connectivity index (χ2n) is 7.76. The molecule has 0 unspecified atom stereocenters. The number of para-hydroxylation sites is 1. The van der Waals surface area contributed by atoms with Crippen LogP contribution >= 0.6 is 11.8 Å². The Morgan fingerprint density at radius 1 is 1.09 bits per heavy atom. The van der Waals surface area contributed by atoms with E-state index in [2.05, 4.69) is 11.9 Å². The Bertz CT molecular complexity index is 1090. The van der Waals surface area contributed by atoms with Crippen molar-refractivity contribution < 1.29 is 22.7 Å². The van der Waals surface area contributed by atoms with E-state index in [0.717, 1.165) is 18.5 Å². The first kappa shape index (κ1) is 22.7. The molecule has 0 radical (unpaired) electrons. The van der Waals surface area contributed by atoms with E-state index in [4.69, 9.17) is 9.47 Å². The molecule has 2 heterocycles. The molecular formula is C23H26N2O5S2. The first-order valence-corrected chi connectivity index (χ1v) is 13.3. The summed E-state index contributed by atoms with van der Waals surface area (Å²) < 4.78 is 35.9. The Kier molecular flexibility index (Phi) is 7.05. The highest BCUT2D eigenvalue weighted by atomic mass is 32.2. The monoisotopic (exact) mass is 474 g/mol. The fraction of sp³-hybridized carbons (Fsp3) is 0.391. The van der Waals surface area contributed by atoms with Gasteiger partial charge in [-0.2, -0.15) is 4.99 Å². The van der Waals surface area contributed by atoms with Crippen LogP contribution in [0.25, 0.3) is 0 Å². The molecule has 0 saturated carbocycles. The normalized spacial score (nSPS) is 22.7. The summed E-state index contributed by atoms with van der Waals surface area (Å²) in [7, 11) is -3.13. The Hall–Kier alpha value is -2.52. The summed E-state index contributed by atoms with van der Waals surface area (Å²) in [4.78, 5) is 18.7. The molecule has 0 spiro atoms. The predicted molar refractivity (Wildman–Crippen MR) is 128 cm³/mol. The number of unbranched alkanes of at least 4 members (excludes halogenated alkanes) is 1. The third kappa shape index (κ3) is 5.45. The van der Waals surface area contributed by atoms with Gasteiger partial charge in [0.2, 0.25) is 0 Å². The molecule has 2 aliphatic rings. The summed E-state index contributed by atoms with van der Waals surface area (Å²) >= 11 is 1.34. The lowest BCUT2D eigenvalue weighted by atomic mass is 10.2. The van der Waals surface area contributed by atoms with Crippen LogP contribution < -0.4 is 14.4 Å². The Balaban J connectivity index is 1.55. The molecule has 7 nitrogen and oxygen atoms in total. The highest BCUT2D eigenvalue weighted by Crippen LogP contribution is 2.41. The molecule has 2 atom stereocenters. The Morgan fingerprint density at radius 2 is 1.88 bits per heavy atom. The summed E-state index contributed by atoms with van der Waals surface area (Å²) in [6, 6.07) is 16.3. The first-order chi connectivity index (χ1) is 15.4. The lowest BCUT2D eigenvalue weighted by molar-refractivity contribution is -0.119. The lowest BCUT2D eigenvalue weighted by Crippen LogP contribution is -2.37. The van der Waals surface area contributed by atoms with Crippen LogP contribution in [0.4, 0.5) is 5.69 Å². The van der Waals surface area contributed by atoms with Crippen molar-refractivity contribution in [1.29, 1.82) is 0 Å². The number of thioether (sulfide) groups is 1. The Labute approximate surface area is 192 Å². The minimum atomic E-state index is -3.13. The van der Waals surface area contributed by atoms with Crippen molar-refractivity contribution in [3.63, 3.8) is 0 Å².